The second kappa shape index (κ2) is 13.7. The van der Waals surface area contributed by atoms with Crippen LogP contribution >= 0.6 is 0 Å². The molecule has 1 fully saturated rings. The molecule has 0 radical (unpaired) electrons. The van der Waals surface area contributed by atoms with Gasteiger partial charge in [-0.25, -0.2) is 15.0 Å². The van der Waals surface area contributed by atoms with Crippen molar-refractivity contribution < 1.29 is 4.42 Å². The second-order valence-corrected chi connectivity index (χ2v) is 14.3. The summed E-state index contributed by atoms with van der Waals surface area (Å²) in [6.45, 7) is 0. The van der Waals surface area contributed by atoms with Crippen molar-refractivity contribution in [3.8, 4) is 67.5 Å². The van der Waals surface area contributed by atoms with Crippen LogP contribution in [0.1, 0.15) is 37.2 Å². The van der Waals surface area contributed by atoms with Gasteiger partial charge in [0.15, 0.2) is 17.5 Å². The molecular formula is C50H37N3O. The molecular weight excluding hydrogens is 659 g/mol. The molecule has 1 aliphatic rings. The third-order valence-electron chi connectivity index (χ3n) is 10.9. The van der Waals surface area contributed by atoms with Gasteiger partial charge in [-0.15, -0.1) is 0 Å². The summed E-state index contributed by atoms with van der Waals surface area (Å²) in [5.41, 5.74) is 12.8. The number of benzene rings is 7. The van der Waals surface area contributed by atoms with Gasteiger partial charge in [-0.2, -0.15) is 0 Å². The van der Waals surface area contributed by atoms with Gasteiger partial charge in [0.25, 0.3) is 0 Å². The fourth-order valence-electron chi connectivity index (χ4n) is 8.09. The van der Waals surface area contributed by atoms with Crippen LogP contribution < -0.4 is 0 Å². The van der Waals surface area contributed by atoms with E-state index in [0.717, 1.165) is 61.2 Å². The Morgan fingerprint density at radius 3 is 1.52 bits per heavy atom. The summed E-state index contributed by atoms with van der Waals surface area (Å²) in [5, 5.41) is 2.02. The SMILES string of the molecule is c1ccc(-c2ccc(-c3nc(-c4ccccc4)nc(-c4cccc5oc6c(-c7ccc(-c8ccc(C9CCCC9)cc8)cc7)cccc6c45)n3)cc2)cc1. The van der Waals surface area contributed by atoms with E-state index in [1.807, 2.05) is 48.5 Å². The van der Waals surface area contributed by atoms with Crippen LogP contribution in [0.3, 0.4) is 0 Å². The largest absolute Gasteiger partial charge is 0.455 e. The maximum atomic E-state index is 6.69. The molecule has 0 N–H and O–H groups in total. The lowest BCUT2D eigenvalue weighted by Crippen LogP contribution is -2.00. The van der Waals surface area contributed by atoms with E-state index >= 15 is 0 Å². The summed E-state index contributed by atoms with van der Waals surface area (Å²) in [7, 11) is 0. The highest BCUT2D eigenvalue weighted by Crippen LogP contribution is 2.41. The zero-order chi connectivity index (χ0) is 35.8. The molecule has 9 aromatic rings. The van der Waals surface area contributed by atoms with Crippen LogP contribution in [0.15, 0.2) is 174 Å². The van der Waals surface area contributed by atoms with Crippen molar-refractivity contribution in [2.45, 2.75) is 31.6 Å². The van der Waals surface area contributed by atoms with E-state index in [4.69, 9.17) is 19.4 Å². The van der Waals surface area contributed by atoms with Gasteiger partial charge in [0.1, 0.15) is 11.2 Å². The van der Waals surface area contributed by atoms with Crippen molar-refractivity contribution in [3.05, 3.63) is 175 Å². The maximum Gasteiger partial charge on any atom is 0.164 e. The molecule has 0 saturated heterocycles. The van der Waals surface area contributed by atoms with Crippen LogP contribution in [0.2, 0.25) is 0 Å². The maximum absolute atomic E-state index is 6.69. The van der Waals surface area contributed by atoms with E-state index in [-0.39, 0.29) is 0 Å². The lowest BCUT2D eigenvalue weighted by atomic mass is 9.94. The molecule has 1 saturated carbocycles. The van der Waals surface area contributed by atoms with Crippen molar-refractivity contribution in [1.29, 1.82) is 0 Å². The molecule has 10 rings (SSSR count). The van der Waals surface area contributed by atoms with Crippen LogP contribution in [0.4, 0.5) is 0 Å². The number of hydrogen-bond donors (Lipinski definition) is 0. The summed E-state index contributed by atoms with van der Waals surface area (Å²) in [4.78, 5) is 15.2. The standard InChI is InChI=1S/C50H37N3O/c1-3-11-33(12-4-1)36-27-31-41(32-28-36)49-51-48(40-15-5-2-6-16-40)52-50(53-49)44-19-10-20-45-46(44)43-18-9-17-42(47(43)54-45)39-29-25-38(26-30-39)37-23-21-35(22-24-37)34-13-7-8-14-34/h1-6,9-12,15-32,34H,7-8,13-14H2. The summed E-state index contributed by atoms with van der Waals surface area (Å²) in [6, 6.07) is 59.5. The van der Waals surface area contributed by atoms with E-state index in [9.17, 15) is 0 Å². The Hall–Kier alpha value is -6.65. The Morgan fingerprint density at radius 2 is 0.870 bits per heavy atom. The Bertz CT molecular complexity index is 2730. The number of rotatable bonds is 7. The molecule has 54 heavy (non-hydrogen) atoms. The van der Waals surface area contributed by atoms with Crippen LogP contribution in [0, 0.1) is 0 Å². The molecule has 2 heterocycles. The third kappa shape index (κ3) is 5.96. The molecule has 4 heteroatoms. The summed E-state index contributed by atoms with van der Waals surface area (Å²) < 4.78 is 6.69. The van der Waals surface area contributed by atoms with Gasteiger partial charge in [0, 0.05) is 33.0 Å². The molecule has 1 aliphatic carbocycles. The average molecular weight is 696 g/mol. The molecule has 0 amide bonds. The average Bonchev–Trinajstić information content (AvgIpc) is 3.94. The van der Waals surface area contributed by atoms with E-state index < -0.39 is 0 Å². The van der Waals surface area contributed by atoms with Crippen molar-refractivity contribution in [2.75, 3.05) is 0 Å². The lowest BCUT2D eigenvalue weighted by molar-refractivity contribution is 0.670. The zero-order valence-electron chi connectivity index (χ0n) is 29.8. The molecule has 4 nitrogen and oxygen atoms in total. The molecule has 7 aromatic carbocycles. The lowest BCUT2D eigenvalue weighted by Gasteiger charge is -2.11. The van der Waals surface area contributed by atoms with Gasteiger partial charge in [-0.1, -0.05) is 177 Å². The number of hydrogen-bond acceptors (Lipinski definition) is 4. The minimum Gasteiger partial charge on any atom is -0.455 e. The quantitative estimate of drug-likeness (QED) is 0.167. The minimum absolute atomic E-state index is 0.605. The number of furan rings is 1. The van der Waals surface area contributed by atoms with Crippen LogP contribution in [0.5, 0.6) is 0 Å². The minimum atomic E-state index is 0.605. The second-order valence-electron chi connectivity index (χ2n) is 14.3. The van der Waals surface area contributed by atoms with Crippen molar-refractivity contribution in [1.82, 2.24) is 15.0 Å². The highest BCUT2D eigenvalue weighted by Gasteiger charge is 2.20. The monoisotopic (exact) mass is 695 g/mol. The Labute approximate surface area is 314 Å². The molecule has 258 valence electrons. The first-order valence-corrected chi connectivity index (χ1v) is 18.9. The van der Waals surface area contributed by atoms with Gasteiger partial charge in [-0.05, 0) is 58.2 Å². The molecule has 0 atom stereocenters. The van der Waals surface area contributed by atoms with Crippen molar-refractivity contribution in [3.63, 3.8) is 0 Å². The van der Waals surface area contributed by atoms with E-state index in [0.29, 0.717) is 17.5 Å². The molecule has 0 unspecified atom stereocenters. The highest BCUT2D eigenvalue weighted by molar-refractivity contribution is 6.15. The fraction of sp³-hybridized carbons (Fsp3) is 0.100. The first kappa shape index (κ1) is 32.0. The zero-order valence-corrected chi connectivity index (χ0v) is 29.8. The van der Waals surface area contributed by atoms with Gasteiger partial charge in [-0.3, -0.25) is 0 Å². The van der Waals surface area contributed by atoms with E-state index in [1.54, 1.807) is 0 Å². The number of para-hydroxylation sites is 1. The predicted octanol–water partition coefficient (Wildman–Crippen LogP) is 13.4. The first-order valence-electron chi connectivity index (χ1n) is 18.9. The fourth-order valence-corrected chi connectivity index (χ4v) is 8.09. The Balaban J connectivity index is 1.04. The van der Waals surface area contributed by atoms with Crippen molar-refractivity contribution >= 4 is 21.9 Å². The van der Waals surface area contributed by atoms with E-state index in [1.165, 1.54) is 47.9 Å². The highest BCUT2D eigenvalue weighted by atomic mass is 16.3. The van der Waals surface area contributed by atoms with E-state index in [2.05, 4.69) is 121 Å². The summed E-state index contributed by atoms with van der Waals surface area (Å²) in [6.07, 6.45) is 5.34. The van der Waals surface area contributed by atoms with Crippen molar-refractivity contribution in [2.24, 2.45) is 0 Å². The third-order valence-corrected chi connectivity index (χ3v) is 10.9. The summed E-state index contributed by atoms with van der Waals surface area (Å²) in [5.74, 6) is 2.58. The molecule has 0 aliphatic heterocycles. The number of nitrogens with zero attached hydrogens (tertiary/aromatic N) is 3. The van der Waals surface area contributed by atoms with Gasteiger partial charge >= 0.3 is 0 Å². The van der Waals surface area contributed by atoms with Gasteiger partial charge in [0.05, 0.1) is 0 Å². The summed E-state index contributed by atoms with van der Waals surface area (Å²) >= 11 is 0. The number of fused-ring (bicyclic) bond motifs is 3. The molecule has 0 spiro atoms. The smallest absolute Gasteiger partial charge is 0.164 e. The normalized spacial score (nSPS) is 13.2. The van der Waals surface area contributed by atoms with Gasteiger partial charge in [0.2, 0.25) is 0 Å². The van der Waals surface area contributed by atoms with Gasteiger partial charge < -0.3 is 4.42 Å². The number of aromatic nitrogens is 3. The Kier molecular flexibility index (Phi) is 8.14. The predicted molar refractivity (Wildman–Crippen MR) is 221 cm³/mol. The topological polar surface area (TPSA) is 51.8 Å². The van der Waals surface area contributed by atoms with Crippen LogP contribution in [0.25, 0.3) is 89.5 Å². The molecule has 0 bridgehead atoms. The molecule has 2 aromatic heterocycles. The Morgan fingerprint density at radius 1 is 0.389 bits per heavy atom. The first-order chi connectivity index (χ1) is 26.7. The van der Waals surface area contributed by atoms with Crippen LogP contribution in [-0.4, -0.2) is 15.0 Å². The van der Waals surface area contributed by atoms with Crippen LogP contribution in [-0.2, 0) is 0 Å².